The van der Waals surface area contributed by atoms with Gasteiger partial charge in [0.1, 0.15) is 0 Å². The molecule has 0 aliphatic rings. The van der Waals surface area contributed by atoms with E-state index in [1.165, 1.54) is 12.1 Å². The molecule has 1 aromatic carbocycles. The zero-order valence-corrected chi connectivity index (χ0v) is 11.7. The number of carbonyl (C=O) groups is 2. The largest absolute Gasteiger partial charge is 0.478 e. The van der Waals surface area contributed by atoms with Crippen LogP contribution in [0.2, 0.25) is 0 Å². The number of aromatic nitrogens is 1. The summed E-state index contributed by atoms with van der Waals surface area (Å²) < 4.78 is 0. The molecule has 1 amide bonds. The first-order valence-corrected chi connectivity index (χ1v) is 6.60. The Hall–Kier alpha value is -2.69. The van der Waals surface area contributed by atoms with Crippen LogP contribution < -0.4 is 5.32 Å². The number of rotatable bonds is 5. The van der Waals surface area contributed by atoms with Crippen LogP contribution in [0, 0.1) is 6.92 Å². The quantitative estimate of drug-likeness (QED) is 0.884. The molecule has 2 rings (SSSR count). The third-order valence-corrected chi connectivity index (χ3v) is 3.09. The van der Waals surface area contributed by atoms with Gasteiger partial charge in [0.2, 0.25) is 5.91 Å². The second-order valence-corrected chi connectivity index (χ2v) is 4.70. The van der Waals surface area contributed by atoms with E-state index in [1.807, 2.05) is 25.1 Å². The number of carboxylic acids is 1. The molecule has 0 bridgehead atoms. The van der Waals surface area contributed by atoms with Gasteiger partial charge in [0.15, 0.2) is 0 Å². The van der Waals surface area contributed by atoms with Crippen molar-refractivity contribution in [1.29, 1.82) is 0 Å². The predicted octanol–water partition coefficient (Wildman–Crippen LogP) is 2.66. The van der Waals surface area contributed by atoms with Crippen molar-refractivity contribution < 1.29 is 14.7 Å². The van der Waals surface area contributed by atoms with Gasteiger partial charge in [-0.25, -0.2) is 4.79 Å². The maximum absolute atomic E-state index is 11.9. The molecule has 0 atom stereocenters. The van der Waals surface area contributed by atoms with Crippen LogP contribution in [0.25, 0.3) is 0 Å². The number of benzene rings is 1. The Balaban J connectivity index is 1.99. The maximum Gasteiger partial charge on any atom is 0.335 e. The summed E-state index contributed by atoms with van der Waals surface area (Å²) in [6.45, 7) is 1.82. The molecular weight excluding hydrogens is 268 g/mol. The summed E-state index contributed by atoms with van der Waals surface area (Å²) in [5, 5.41) is 11.7. The first kappa shape index (κ1) is 14.7. The summed E-state index contributed by atoms with van der Waals surface area (Å²) in [5.41, 5.74) is 2.36. The number of aromatic carboxylic acids is 1. The molecule has 0 fully saturated rings. The number of aryl methyl sites for hydroxylation is 2. The molecule has 2 aromatic rings. The molecule has 5 nitrogen and oxygen atoms in total. The normalized spacial score (nSPS) is 10.1. The standard InChI is InChI=1S/C16H16N2O3/c1-11-5-6-12(16(20)21)10-14(11)18-15(19)8-7-13-4-2-3-9-17-13/h2-6,9-10H,7-8H2,1H3,(H,18,19)(H,20,21). The summed E-state index contributed by atoms with van der Waals surface area (Å²) in [5.74, 6) is -1.18. The second-order valence-electron chi connectivity index (χ2n) is 4.70. The van der Waals surface area contributed by atoms with Gasteiger partial charge < -0.3 is 10.4 Å². The van der Waals surface area contributed by atoms with Crippen LogP contribution in [0.1, 0.15) is 28.0 Å². The minimum absolute atomic E-state index is 0.153. The van der Waals surface area contributed by atoms with Gasteiger partial charge in [0.25, 0.3) is 0 Å². The average Bonchev–Trinajstić information content (AvgIpc) is 2.48. The molecule has 0 spiro atoms. The summed E-state index contributed by atoms with van der Waals surface area (Å²) >= 11 is 0. The predicted molar refractivity (Wildman–Crippen MR) is 79.3 cm³/mol. The molecule has 2 N–H and O–H groups in total. The molecule has 0 radical (unpaired) electrons. The van der Waals surface area contributed by atoms with Gasteiger partial charge in [-0.05, 0) is 43.2 Å². The molecule has 5 heteroatoms. The first-order valence-electron chi connectivity index (χ1n) is 6.60. The Labute approximate surface area is 122 Å². The number of nitrogens with one attached hydrogen (secondary N) is 1. The smallest absolute Gasteiger partial charge is 0.335 e. The third-order valence-electron chi connectivity index (χ3n) is 3.09. The highest BCUT2D eigenvalue weighted by molar-refractivity contribution is 5.94. The molecular formula is C16H16N2O3. The summed E-state index contributed by atoms with van der Waals surface area (Å²) in [6.07, 6.45) is 2.53. The van der Waals surface area contributed by atoms with E-state index in [9.17, 15) is 9.59 Å². The number of nitrogens with zero attached hydrogens (tertiary/aromatic N) is 1. The lowest BCUT2D eigenvalue weighted by Gasteiger charge is -2.09. The van der Waals surface area contributed by atoms with Crippen LogP contribution in [0.5, 0.6) is 0 Å². The number of hydrogen-bond acceptors (Lipinski definition) is 3. The second kappa shape index (κ2) is 6.65. The van der Waals surface area contributed by atoms with Crippen molar-refractivity contribution >= 4 is 17.6 Å². The average molecular weight is 284 g/mol. The minimum Gasteiger partial charge on any atom is -0.478 e. The zero-order valence-electron chi connectivity index (χ0n) is 11.7. The van der Waals surface area contributed by atoms with E-state index in [1.54, 1.807) is 12.3 Å². The minimum atomic E-state index is -1.01. The van der Waals surface area contributed by atoms with Gasteiger partial charge in [0.05, 0.1) is 5.56 Å². The van der Waals surface area contributed by atoms with E-state index >= 15 is 0 Å². The molecule has 1 heterocycles. The number of carbonyl (C=O) groups excluding carboxylic acids is 1. The Morgan fingerprint density at radius 1 is 1.24 bits per heavy atom. The first-order chi connectivity index (χ1) is 10.1. The Morgan fingerprint density at radius 3 is 2.71 bits per heavy atom. The number of hydrogen-bond donors (Lipinski definition) is 2. The fraction of sp³-hybridized carbons (Fsp3) is 0.188. The van der Waals surface area contributed by atoms with Crippen LogP contribution in [0.3, 0.4) is 0 Å². The van der Waals surface area contributed by atoms with Crippen molar-refractivity contribution in [3.8, 4) is 0 Å². The highest BCUT2D eigenvalue weighted by Crippen LogP contribution is 2.17. The highest BCUT2D eigenvalue weighted by Gasteiger charge is 2.09. The third kappa shape index (κ3) is 4.14. The summed E-state index contributed by atoms with van der Waals surface area (Å²) in [7, 11) is 0. The zero-order chi connectivity index (χ0) is 15.2. The topological polar surface area (TPSA) is 79.3 Å². The molecule has 21 heavy (non-hydrogen) atoms. The fourth-order valence-electron chi connectivity index (χ4n) is 1.89. The van der Waals surface area contributed by atoms with Gasteiger partial charge in [-0.3, -0.25) is 9.78 Å². The van der Waals surface area contributed by atoms with E-state index in [-0.39, 0.29) is 11.5 Å². The van der Waals surface area contributed by atoms with Crippen LogP contribution in [0.4, 0.5) is 5.69 Å². The molecule has 0 saturated carbocycles. The number of carboxylic acid groups (broad SMARTS) is 1. The van der Waals surface area contributed by atoms with E-state index in [0.29, 0.717) is 18.5 Å². The fourth-order valence-corrected chi connectivity index (χ4v) is 1.89. The van der Waals surface area contributed by atoms with Crippen LogP contribution >= 0.6 is 0 Å². The molecule has 0 aliphatic heterocycles. The highest BCUT2D eigenvalue weighted by atomic mass is 16.4. The molecule has 0 saturated heterocycles. The Bertz CT molecular complexity index is 654. The van der Waals surface area contributed by atoms with Crippen LogP contribution in [-0.2, 0) is 11.2 Å². The summed E-state index contributed by atoms with van der Waals surface area (Å²) in [6, 6.07) is 10.2. The maximum atomic E-state index is 11.9. The molecule has 0 unspecified atom stereocenters. The molecule has 1 aromatic heterocycles. The van der Waals surface area contributed by atoms with Gasteiger partial charge >= 0.3 is 5.97 Å². The van der Waals surface area contributed by atoms with E-state index < -0.39 is 5.97 Å². The monoisotopic (exact) mass is 284 g/mol. The summed E-state index contributed by atoms with van der Waals surface area (Å²) in [4.78, 5) is 27.0. The van der Waals surface area contributed by atoms with Crippen molar-refractivity contribution in [3.05, 3.63) is 59.4 Å². The van der Waals surface area contributed by atoms with Gasteiger partial charge in [-0.1, -0.05) is 12.1 Å². The van der Waals surface area contributed by atoms with E-state index in [2.05, 4.69) is 10.3 Å². The number of anilines is 1. The van der Waals surface area contributed by atoms with Gasteiger partial charge in [-0.15, -0.1) is 0 Å². The Morgan fingerprint density at radius 2 is 2.05 bits per heavy atom. The van der Waals surface area contributed by atoms with Gasteiger partial charge in [0, 0.05) is 24.0 Å². The SMILES string of the molecule is Cc1ccc(C(=O)O)cc1NC(=O)CCc1ccccn1. The van der Waals surface area contributed by atoms with E-state index in [4.69, 9.17) is 5.11 Å². The number of pyridine rings is 1. The molecule has 0 aliphatic carbocycles. The van der Waals surface area contributed by atoms with Crippen molar-refractivity contribution in [3.63, 3.8) is 0 Å². The van der Waals surface area contributed by atoms with Crippen LogP contribution in [0.15, 0.2) is 42.6 Å². The number of amides is 1. The molecule has 108 valence electrons. The lowest BCUT2D eigenvalue weighted by molar-refractivity contribution is -0.116. The lowest BCUT2D eigenvalue weighted by Crippen LogP contribution is -2.14. The van der Waals surface area contributed by atoms with E-state index in [0.717, 1.165) is 11.3 Å². The van der Waals surface area contributed by atoms with Gasteiger partial charge in [-0.2, -0.15) is 0 Å². The van der Waals surface area contributed by atoms with Crippen molar-refractivity contribution in [1.82, 2.24) is 4.98 Å². The van der Waals surface area contributed by atoms with Crippen molar-refractivity contribution in [2.75, 3.05) is 5.32 Å². The van der Waals surface area contributed by atoms with Crippen molar-refractivity contribution in [2.24, 2.45) is 0 Å². The lowest BCUT2D eigenvalue weighted by atomic mass is 10.1. The van der Waals surface area contributed by atoms with Crippen molar-refractivity contribution in [2.45, 2.75) is 19.8 Å². The Kier molecular flexibility index (Phi) is 4.66. The van der Waals surface area contributed by atoms with Crippen LogP contribution in [-0.4, -0.2) is 22.0 Å².